The van der Waals surface area contributed by atoms with Gasteiger partial charge in [0.2, 0.25) is 82.3 Å². The highest BCUT2D eigenvalue weighted by atomic mass is 16.8. The number of hydrogen-bond acceptors (Lipinski definition) is 52. The molecule has 29 N–H and O–H groups in total. The summed E-state index contributed by atoms with van der Waals surface area (Å²) in [6.45, 7) is -3.19. The standard InChI is InChI=1S/C82H54O52/c83-23-1-14(2-24(84)45(23)93)71(112)133-81-70-68(130-77(118)20-9-30(90)50(98)57(105)39(20)41-22(79(120)132-70)11-32(92)52(100)59(41)107)65-35(126-81)13-123-74(115)17-6-27(87)53(101)60(108)42(17)43-44(80(121)128-65)66(63(111)62(110)61(43)109)124-33-4-15(3-25(85)46(33)94)72(113)134-82-69-67(129-76(117)19-8-29(89)49(97)56(104)38(19)40-21(78(119)131-69)10-31(91)51(99)58(40)106)64-34(125-82)12-122-73(114)16-5-26(86)47(95)54(102)36(16)37-18(75(116)127-64)7-28(88)48(96)55(37)103/h1-11,34-35,64-65,67-70,81-111H,12-13H2/t34-,35-,64+,65+,67-,68-,69-,70-,81-,82-/m0/s1. The van der Waals surface area contributed by atoms with Crippen LogP contribution in [0.15, 0.2) is 66.7 Å². The number of cyclic esters (lactones) is 2. The average molecular weight is 1870 g/mol. The van der Waals surface area contributed by atoms with Crippen molar-refractivity contribution in [3.8, 4) is 223 Å². The van der Waals surface area contributed by atoms with Crippen molar-refractivity contribution in [3.05, 3.63) is 122 Å². The second-order valence-electron chi connectivity index (χ2n) is 29.4. The first kappa shape index (κ1) is 88.3. The molecule has 2 saturated heterocycles. The van der Waals surface area contributed by atoms with Crippen molar-refractivity contribution in [2.75, 3.05) is 13.2 Å². The largest absolute Gasteiger partial charge is 0.504 e. The Bertz CT molecular complexity index is 6960. The van der Waals surface area contributed by atoms with Gasteiger partial charge in [-0.1, -0.05) is 0 Å². The van der Waals surface area contributed by atoms with Crippen LogP contribution >= 0.6 is 0 Å². The molecule has 16 rings (SSSR count). The van der Waals surface area contributed by atoms with Gasteiger partial charge in [0.15, 0.2) is 145 Å². The van der Waals surface area contributed by atoms with Gasteiger partial charge in [-0.15, -0.1) is 0 Å². The highest BCUT2D eigenvalue weighted by Gasteiger charge is 2.59. The van der Waals surface area contributed by atoms with Gasteiger partial charge in [0.25, 0.3) is 0 Å². The topological polar surface area (TPSA) is 877 Å². The minimum Gasteiger partial charge on any atom is -0.504 e. The van der Waals surface area contributed by atoms with E-state index in [1.54, 1.807) is 0 Å². The van der Waals surface area contributed by atoms with E-state index in [0.29, 0.717) is 18.2 Å². The van der Waals surface area contributed by atoms with Gasteiger partial charge in [0, 0.05) is 38.9 Å². The number of phenolic OH excluding ortho intramolecular Hbond substituents is 29. The maximum Gasteiger partial charge on any atom is 0.343 e. The molecule has 0 unspecified atom stereocenters. The molecule has 10 aromatic rings. The van der Waals surface area contributed by atoms with E-state index < -0.39 is 413 Å². The van der Waals surface area contributed by atoms with Gasteiger partial charge in [-0.25, -0.2) is 47.9 Å². The van der Waals surface area contributed by atoms with Crippen LogP contribution in [0.25, 0.3) is 44.5 Å². The summed E-state index contributed by atoms with van der Waals surface area (Å²) in [7, 11) is 0. The van der Waals surface area contributed by atoms with E-state index in [1.807, 2.05) is 0 Å². The van der Waals surface area contributed by atoms with Crippen LogP contribution in [0, 0.1) is 0 Å². The number of fused-ring (bicyclic) bond motifs is 18. The van der Waals surface area contributed by atoms with Gasteiger partial charge in [-0.2, -0.15) is 0 Å². The summed E-state index contributed by atoms with van der Waals surface area (Å²) in [4.78, 5) is 151. The first-order valence-electron chi connectivity index (χ1n) is 37.2. The molecule has 6 heterocycles. The maximum atomic E-state index is 16.1. The van der Waals surface area contributed by atoms with Crippen molar-refractivity contribution < 1.29 is 258 Å². The molecule has 134 heavy (non-hydrogen) atoms. The predicted molar refractivity (Wildman–Crippen MR) is 413 cm³/mol. The van der Waals surface area contributed by atoms with E-state index in [-0.39, 0.29) is 48.5 Å². The first-order valence-corrected chi connectivity index (χ1v) is 37.2. The quantitative estimate of drug-likeness (QED) is 0.0641. The maximum absolute atomic E-state index is 16.1. The number of hydrogen-bond donors (Lipinski definition) is 29. The lowest BCUT2D eigenvalue weighted by Crippen LogP contribution is -2.63. The number of esters is 10. The fraction of sp³-hybridized carbons (Fsp3) is 0.146. The van der Waals surface area contributed by atoms with Gasteiger partial charge in [0.05, 0.1) is 55.6 Å². The molecule has 0 amide bonds. The van der Waals surface area contributed by atoms with Crippen molar-refractivity contribution in [2.45, 2.75) is 61.4 Å². The Morgan fingerprint density at radius 2 is 0.470 bits per heavy atom. The fourth-order valence-electron chi connectivity index (χ4n) is 15.2. The van der Waals surface area contributed by atoms with Crippen molar-refractivity contribution in [3.63, 3.8) is 0 Å². The number of phenols is 29. The molecule has 0 aromatic heterocycles. The number of ether oxygens (including phenoxy) is 13. The molecule has 10 atom stereocenters. The highest BCUT2D eigenvalue weighted by Crippen LogP contribution is 2.62. The molecule has 0 saturated carbocycles. The molecule has 0 bridgehead atoms. The zero-order valence-corrected chi connectivity index (χ0v) is 65.4. The summed E-state index contributed by atoms with van der Waals surface area (Å²) in [5.74, 6) is -70.3. The third-order valence-electron chi connectivity index (χ3n) is 21.6. The molecule has 6 aliphatic heterocycles. The van der Waals surface area contributed by atoms with Gasteiger partial charge in [-0.3, -0.25) is 0 Å². The second kappa shape index (κ2) is 31.7. The van der Waals surface area contributed by atoms with Crippen LogP contribution in [-0.2, 0) is 56.8 Å². The summed E-state index contributed by atoms with van der Waals surface area (Å²) < 4.78 is 74.9. The molecule has 694 valence electrons. The molecule has 6 aliphatic rings. The summed E-state index contributed by atoms with van der Waals surface area (Å²) >= 11 is 0. The van der Waals surface area contributed by atoms with Crippen LogP contribution in [0.2, 0.25) is 0 Å². The molecule has 10 aromatic carbocycles. The van der Waals surface area contributed by atoms with E-state index in [2.05, 4.69) is 0 Å². The zero-order valence-electron chi connectivity index (χ0n) is 65.4. The molecule has 52 heteroatoms. The minimum atomic E-state index is -3.05. The molecule has 0 aliphatic carbocycles. The Labute approximate surface area is 734 Å². The van der Waals surface area contributed by atoms with Gasteiger partial charge < -0.3 is 210 Å². The summed E-state index contributed by atoms with van der Waals surface area (Å²) in [6.07, 6.45) is -28.7. The lowest BCUT2D eigenvalue weighted by atomic mass is 9.90. The molecule has 0 spiro atoms. The van der Waals surface area contributed by atoms with Gasteiger partial charge in [0.1, 0.15) is 31.0 Å². The lowest BCUT2D eigenvalue weighted by molar-refractivity contribution is -0.283. The van der Waals surface area contributed by atoms with E-state index >= 15 is 33.6 Å². The Hall–Kier alpha value is -19.2. The number of aromatic hydroxyl groups is 29. The fourth-order valence-corrected chi connectivity index (χ4v) is 15.2. The molecular weight excluding hydrogens is 1820 g/mol. The summed E-state index contributed by atoms with van der Waals surface area (Å²) in [6, 6.07) is 3.02. The van der Waals surface area contributed by atoms with Crippen LogP contribution in [0.5, 0.6) is 178 Å². The number of benzene rings is 10. The molecular formula is C82H54O52. The van der Waals surface area contributed by atoms with E-state index in [4.69, 9.17) is 61.6 Å². The Kier molecular flexibility index (Phi) is 20.9. The van der Waals surface area contributed by atoms with Crippen LogP contribution < -0.4 is 4.74 Å². The van der Waals surface area contributed by atoms with Gasteiger partial charge >= 0.3 is 59.7 Å². The van der Waals surface area contributed by atoms with Gasteiger partial charge in [-0.05, 0) is 66.7 Å². The van der Waals surface area contributed by atoms with E-state index in [0.717, 1.165) is 0 Å². The Morgan fingerprint density at radius 1 is 0.231 bits per heavy atom. The second-order valence-corrected chi connectivity index (χ2v) is 29.4. The van der Waals surface area contributed by atoms with Crippen LogP contribution in [-0.4, -0.2) is 282 Å². The van der Waals surface area contributed by atoms with Crippen molar-refractivity contribution in [2.24, 2.45) is 0 Å². The smallest absolute Gasteiger partial charge is 0.343 e. The average Bonchev–Trinajstić information content (AvgIpc) is 0.886. The third-order valence-corrected chi connectivity index (χ3v) is 21.6. The molecule has 2 fully saturated rings. The van der Waals surface area contributed by atoms with E-state index in [9.17, 15) is 162 Å². The third kappa shape index (κ3) is 13.9. The molecule has 52 nitrogen and oxygen atoms in total. The number of carbonyl (C=O) groups excluding carboxylic acids is 10. The SMILES string of the molecule is O=C(O[C@@H]1O[C@H]2COC(=O)c3cc(O)c(O)c(O)c3-c3c(cc(O)c(O)c3O)C(=O)O[C@H]2[C@@H]2OC(=O)c3cc(O)c(O)c(O)c3-c3c(cc(O)c(O)c3O)C(=O)O[C@H]12)c1cc(O)c(O)c(Oc2c(O)c(O)c(O)c3c2C(=O)O[C@H]2[C@@H]4OC(=O)c5cc(O)c(O)c(O)c5-c5c(cc(O)c(O)c5O)C(=O)O[C@@H]4[C@H](OC(=O)c4cc(O)c(O)c(O)c4)O[C@H]2COC(=O)c2cc(O)c(O)c(O)c2-3)c1. The monoisotopic (exact) mass is 1870 g/mol. The van der Waals surface area contributed by atoms with E-state index in [1.165, 1.54) is 0 Å². The first-order chi connectivity index (χ1) is 63.1. The van der Waals surface area contributed by atoms with Crippen LogP contribution in [0.4, 0.5) is 0 Å². The van der Waals surface area contributed by atoms with Crippen molar-refractivity contribution in [1.29, 1.82) is 0 Å². The highest BCUT2D eigenvalue weighted by molar-refractivity contribution is 6.14. The number of rotatable bonds is 6. The minimum absolute atomic E-state index is 0.174. The predicted octanol–water partition coefficient (Wildman–Crippen LogP) is 3.69. The normalized spacial score (nSPS) is 20.1. The van der Waals surface area contributed by atoms with Crippen molar-refractivity contribution in [1.82, 2.24) is 0 Å². The van der Waals surface area contributed by atoms with Crippen LogP contribution in [0.3, 0.4) is 0 Å². The zero-order chi connectivity index (χ0) is 97.2. The molecule has 0 radical (unpaired) electrons. The van der Waals surface area contributed by atoms with Crippen molar-refractivity contribution >= 4 is 59.7 Å². The summed E-state index contributed by atoms with van der Waals surface area (Å²) in [5.41, 5.74) is -24.4. The Morgan fingerprint density at radius 3 is 0.776 bits per heavy atom. The lowest BCUT2D eigenvalue weighted by Gasteiger charge is -2.44. The Balaban J connectivity index is 0.849. The van der Waals surface area contributed by atoms with Crippen LogP contribution in [0.1, 0.15) is 104 Å². The number of carbonyl (C=O) groups is 10. The summed E-state index contributed by atoms with van der Waals surface area (Å²) in [5, 5.41) is 324.